The van der Waals surface area contributed by atoms with E-state index in [1.807, 2.05) is 25.1 Å². The lowest BCUT2D eigenvalue weighted by molar-refractivity contribution is -0.133. The van der Waals surface area contributed by atoms with Crippen molar-refractivity contribution < 1.29 is 14.7 Å². The number of hydrogen-bond acceptors (Lipinski definition) is 3. The summed E-state index contributed by atoms with van der Waals surface area (Å²) in [5.41, 5.74) is 1.56. The predicted octanol–water partition coefficient (Wildman–Crippen LogP) is 2.60. The Kier molecular flexibility index (Phi) is 6.17. The van der Waals surface area contributed by atoms with Crippen molar-refractivity contribution in [2.45, 2.75) is 32.4 Å². The molecular weight excluding hydrogens is 316 g/mol. The first-order chi connectivity index (χ1) is 11.9. The summed E-state index contributed by atoms with van der Waals surface area (Å²) in [5, 5.41) is 12.1. The number of nitrogens with one attached hydrogen (secondary N) is 1. The van der Waals surface area contributed by atoms with Crippen LogP contribution in [-0.4, -0.2) is 41.0 Å². The van der Waals surface area contributed by atoms with Gasteiger partial charge in [0.2, 0.25) is 5.91 Å². The number of hydrogen-bond donors (Lipinski definition) is 2. The standard InChI is InChI=1S/C20H24N2O3/c1-14(13-16-9-11-18(23)12-10-16)22(3)20(25)15(2)21-19(24)17-7-5-4-6-8-17/h4-12,14-15,23H,13H2,1-3H3,(H,21,24). The fourth-order valence-corrected chi connectivity index (χ4v) is 2.56. The molecule has 0 heterocycles. The van der Waals surface area contributed by atoms with E-state index < -0.39 is 6.04 Å². The molecule has 0 bridgehead atoms. The molecule has 0 aliphatic heterocycles. The molecule has 2 unspecified atom stereocenters. The van der Waals surface area contributed by atoms with E-state index in [0.29, 0.717) is 12.0 Å². The second kappa shape index (κ2) is 8.33. The van der Waals surface area contributed by atoms with Crippen molar-refractivity contribution in [1.29, 1.82) is 0 Å². The van der Waals surface area contributed by atoms with E-state index in [9.17, 15) is 14.7 Å². The number of aromatic hydroxyl groups is 1. The number of likely N-dealkylation sites (N-methyl/N-ethyl adjacent to an activating group) is 1. The van der Waals surface area contributed by atoms with Crippen molar-refractivity contribution >= 4 is 11.8 Å². The third-order valence-corrected chi connectivity index (χ3v) is 4.23. The summed E-state index contributed by atoms with van der Waals surface area (Å²) in [7, 11) is 1.73. The smallest absolute Gasteiger partial charge is 0.251 e. The van der Waals surface area contributed by atoms with Gasteiger partial charge in [-0.25, -0.2) is 0 Å². The summed E-state index contributed by atoms with van der Waals surface area (Å²) in [6.07, 6.45) is 0.669. The van der Waals surface area contributed by atoms with Gasteiger partial charge >= 0.3 is 0 Å². The first kappa shape index (κ1) is 18.5. The molecule has 0 saturated carbocycles. The topological polar surface area (TPSA) is 69.6 Å². The SMILES string of the molecule is CC(NC(=O)c1ccccc1)C(=O)N(C)C(C)Cc1ccc(O)cc1. The fraction of sp³-hybridized carbons (Fsp3) is 0.300. The highest BCUT2D eigenvalue weighted by Gasteiger charge is 2.23. The molecule has 25 heavy (non-hydrogen) atoms. The number of rotatable bonds is 6. The maximum Gasteiger partial charge on any atom is 0.251 e. The van der Waals surface area contributed by atoms with Crippen molar-refractivity contribution in [1.82, 2.24) is 10.2 Å². The number of phenolic OH excluding ortho intramolecular Hbond substituents is 1. The van der Waals surface area contributed by atoms with Gasteiger partial charge in [0.05, 0.1) is 0 Å². The predicted molar refractivity (Wildman–Crippen MR) is 97.4 cm³/mol. The van der Waals surface area contributed by atoms with E-state index in [1.165, 1.54) is 0 Å². The third-order valence-electron chi connectivity index (χ3n) is 4.23. The van der Waals surface area contributed by atoms with Gasteiger partial charge in [-0.1, -0.05) is 30.3 Å². The molecule has 2 rings (SSSR count). The summed E-state index contributed by atoms with van der Waals surface area (Å²) >= 11 is 0. The number of phenols is 1. The molecular formula is C20H24N2O3. The first-order valence-corrected chi connectivity index (χ1v) is 8.29. The van der Waals surface area contributed by atoms with Gasteiger partial charge in [-0.05, 0) is 50.1 Å². The summed E-state index contributed by atoms with van der Waals surface area (Å²) < 4.78 is 0. The Morgan fingerprint density at radius 1 is 1.04 bits per heavy atom. The molecule has 0 aliphatic carbocycles. The number of carbonyl (C=O) groups excluding carboxylic acids is 2. The molecule has 0 aromatic heterocycles. The normalized spacial score (nSPS) is 12.9. The van der Waals surface area contributed by atoms with Crippen molar-refractivity contribution in [2.75, 3.05) is 7.05 Å². The number of amides is 2. The molecule has 2 atom stereocenters. The van der Waals surface area contributed by atoms with Crippen molar-refractivity contribution in [2.24, 2.45) is 0 Å². The van der Waals surface area contributed by atoms with E-state index in [0.717, 1.165) is 5.56 Å². The average Bonchev–Trinajstić information content (AvgIpc) is 2.62. The molecule has 2 aromatic carbocycles. The molecule has 5 heteroatoms. The van der Waals surface area contributed by atoms with E-state index >= 15 is 0 Å². The van der Waals surface area contributed by atoms with Gasteiger partial charge in [0.1, 0.15) is 11.8 Å². The van der Waals surface area contributed by atoms with Crippen molar-refractivity contribution in [3.8, 4) is 5.75 Å². The maximum absolute atomic E-state index is 12.6. The number of carbonyl (C=O) groups is 2. The Labute approximate surface area is 148 Å². The molecule has 0 saturated heterocycles. The summed E-state index contributed by atoms with van der Waals surface area (Å²) in [5.74, 6) is -0.185. The van der Waals surface area contributed by atoms with Gasteiger partial charge in [-0.15, -0.1) is 0 Å². The van der Waals surface area contributed by atoms with E-state index in [1.54, 1.807) is 55.3 Å². The van der Waals surface area contributed by atoms with Crippen LogP contribution in [0.1, 0.15) is 29.8 Å². The molecule has 0 fully saturated rings. The van der Waals surface area contributed by atoms with Crippen LogP contribution in [0.25, 0.3) is 0 Å². The fourth-order valence-electron chi connectivity index (χ4n) is 2.56. The maximum atomic E-state index is 12.6. The highest BCUT2D eigenvalue weighted by molar-refractivity contribution is 5.97. The van der Waals surface area contributed by atoms with Gasteiger partial charge in [0, 0.05) is 18.7 Å². The van der Waals surface area contributed by atoms with Crippen LogP contribution in [0, 0.1) is 0 Å². The van der Waals surface area contributed by atoms with Crippen molar-refractivity contribution in [3.05, 3.63) is 65.7 Å². The van der Waals surface area contributed by atoms with Gasteiger partial charge in [-0.2, -0.15) is 0 Å². The van der Waals surface area contributed by atoms with Crippen LogP contribution in [0.15, 0.2) is 54.6 Å². The minimum absolute atomic E-state index is 0.0341. The van der Waals surface area contributed by atoms with Crippen LogP contribution in [0.5, 0.6) is 5.75 Å². The Morgan fingerprint density at radius 3 is 2.24 bits per heavy atom. The zero-order valence-electron chi connectivity index (χ0n) is 14.8. The first-order valence-electron chi connectivity index (χ1n) is 8.29. The lowest BCUT2D eigenvalue weighted by Gasteiger charge is -2.28. The number of nitrogens with zero attached hydrogens (tertiary/aromatic N) is 1. The Hall–Kier alpha value is -2.82. The van der Waals surface area contributed by atoms with Crippen LogP contribution >= 0.6 is 0 Å². The van der Waals surface area contributed by atoms with Crippen molar-refractivity contribution in [3.63, 3.8) is 0 Å². The molecule has 0 aliphatic rings. The van der Waals surface area contributed by atoms with Gasteiger partial charge in [-0.3, -0.25) is 9.59 Å². The summed E-state index contributed by atoms with van der Waals surface area (Å²) in [6.45, 7) is 3.64. The third kappa shape index (κ3) is 5.08. The quantitative estimate of drug-likeness (QED) is 0.849. The Morgan fingerprint density at radius 2 is 1.64 bits per heavy atom. The van der Waals surface area contributed by atoms with Crippen LogP contribution in [-0.2, 0) is 11.2 Å². The van der Waals surface area contributed by atoms with E-state index in [2.05, 4.69) is 5.32 Å². The molecule has 5 nitrogen and oxygen atoms in total. The van der Waals surface area contributed by atoms with Crippen LogP contribution in [0.2, 0.25) is 0 Å². The Bertz CT molecular complexity index is 713. The lowest BCUT2D eigenvalue weighted by atomic mass is 10.1. The largest absolute Gasteiger partial charge is 0.508 e. The highest BCUT2D eigenvalue weighted by Crippen LogP contribution is 2.13. The van der Waals surface area contributed by atoms with E-state index in [4.69, 9.17) is 0 Å². The minimum atomic E-state index is -0.611. The second-order valence-corrected chi connectivity index (χ2v) is 6.23. The molecule has 2 N–H and O–H groups in total. The lowest BCUT2D eigenvalue weighted by Crippen LogP contribution is -2.48. The molecule has 0 radical (unpaired) electrons. The summed E-state index contributed by atoms with van der Waals surface area (Å²) in [6, 6.07) is 15.1. The van der Waals surface area contributed by atoms with E-state index in [-0.39, 0.29) is 23.6 Å². The zero-order chi connectivity index (χ0) is 18.4. The monoisotopic (exact) mass is 340 g/mol. The Balaban J connectivity index is 1.93. The average molecular weight is 340 g/mol. The molecule has 2 amide bonds. The van der Waals surface area contributed by atoms with Crippen LogP contribution in [0.3, 0.4) is 0 Å². The van der Waals surface area contributed by atoms with Gasteiger partial charge in [0.15, 0.2) is 0 Å². The molecule has 132 valence electrons. The van der Waals surface area contributed by atoms with Gasteiger partial charge < -0.3 is 15.3 Å². The summed E-state index contributed by atoms with van der Waals surface area (Å²) in [4.78, 5) is 26.4. The highest BCUT2D eigenvalue weighted by atomic mass is 16.3. The van der Waals surface area contributed by atoms with Gasteiger partial charge in [0.25, 0.3) is 5.91 Å². The van der Waals surface area contributed by atoms with Crippen LogP contribution < -0.4 is 5.32 Å². The minimum Gasteiger partial charge on any atom is -0.508 e. The number of benzene rings is 2. The molecule has 0 spiro atoms. The zero-order valence-corrected chi connectivity index (χ0v) is 14.8. The molecule has 2 aromatic rings. The van der Waals surface area contributed by atoms with Crippen LogP contribution in [0.4, 0.5) is 0 Å². The second-order valence-electron chi connectivity index (χ2n) is 6.23.